The maximum Gasteiger partial charge on any atom is 0.416 e. The van der Waals surface area contributed by atoms with Crippen LogP contribution < -0.4 is 10.8 Å². The average Bonchev–Trinajstić information content (AvgIpc) is 2.78. The topological polar surface area (TPSA) is 78.4 Å². The van der Waals surface area contributed by atoms with Gasteiger partial charge in [0.2, 0.25) is 0 Å². The monoisotopic (exact) mass is 428 g/mol. The molecule has 3 N–H and O–H groups in total. The van der Waals surface area contributed by atoms with Crippen LogP contribution in [0.5, 0.6) is 0 Å². The lowest BCUT2D eigenvalue weighted by atomic mass is 10.0. The van der Waals surface area contributed by atoms with Gasteiger partial charge >= 0.3 is 6.18 Å². The maximum absolute atomic E-state index is 12.8. The summed E-state index contributed by atoms with van der Waals surface area (Å²) in [7, 11) is 0. The minimum absolute atomic E-state index is 0.190. The molecule has 0 radical (unpaired) electrons. The van der Waals surface area contributed by atoms with Crippen LogP contribution >= 0.6 is 0 Å². The fraction of sp³-hybridized carbons (Fsp3) is 0.130. The van der Waals surface area contributed by atoms with Crippen LogP contribution in [-0.2, 0) is 12.6 Å². The zero-order valence-corrected chi connectivity index (χ0v) is 16.2. The summed E-state index contributed by atoms with van der Waals surface area (Å²) in [5.41, 5.74) is 3.54. The summed E-state index contributed by atoms with van der Waals surface area (Å²) in [5.74, 6) is -0.967. The van der Waals surface area contributed by atoms with Crippen molar-refractivity contribution in [2.45, 2.75) is 12.6 Å². The Bertz CT molecular complexity index is 1080. The zero-order chi connectivity index (χ0) is 22.4. The van der Waals surface area contributed by atoms with Gasteiger partial charge in [-0.25, -0.2) is 5.48 Å². The number of rotatable bonds is 6. The van der Waals surface area contributed by atoms with Crippen LogP contribution in [0.15, 0.2) is 72.8 Å². The molecule has 0 aliphatic heterocycles. The second-order valence-electron chi connectivity index (χ2n) is 6.80. The van der Waals surface area contributed by atoms with Crippen molar-refractivity contribution in [2.75, 3.05) is 6.54 Å². The molecule has 0 atom stereocenters. The predicted octanol–water partition coefficient (Wildman–Crippen LogP) is 4.46. The molecule has 3 aromatic carbocycles. The van der Waals surface area contributed by atoms with Crippen molar-refractivity contribution < 1.29 is 28.0 Å². The molecular weight excluding hydrogens is 409 g/mol. The number of benzene rings is 3. The number of hydrogen-bond donors (Lipinski definition) is 3. The van der Waals surface area contributed by atoms with Crippen molar-refractivity contribution in [3.63, 3.8) is 0 Å². The molecule has 0 bridgehead atoms. The number of carbonyl (C=O) groups is 2. The van der Waals surface area contributed by atoms with Crippen molar-refractivity contribution in [3.05, 3.63) is 95.1 Å². The second kappa shape index (κ2) is 9.44. The van der Waals surface area contributed by atoms with E-state index in [4.69, 9.17) is 5.21 Å². The van der Waals surface area contributed by atoms with Gasteiger partial charge in [0.1, 0.15) is 0 Å². The smallest absolute Gasteiger partial charge is 0.352 e. The van der Waals surface area contributed by atoms with Crippen LogP contribution in [0.3, 0.4) is 0 Å². The second-order valence-corrected chi connectivity index (χ2v) is 6.80. The molecular formula is C23H19F3N2O3. The molecule has 0 fully saturated rings. The van der Waals surface area contributed by atoms with Gasteiger partial charge in [-0.15, -0.1) is 0 Å². The molecule has 0 heterocycles. The molecule has 0 aliphatic rings. The number of hydrogen-bond acceptors (Lipinski definition) is 3. The Balaban J connectivity index is 1.63. The Hall–Kier alpha value is -3.65. The highest BCUT2D eigenvalue weighted by Gasteiger charge is 2.30. The summed E-state index contributed by atoms with van der Waals surface area (Å²) in [6.45, 7) is 0.190. The van der Waals surface area contributed by atoms with E-state index in [1.807, 2.05) is 0 Å². The summed E-state index contributed by atoms with van der Waals surface area (Å²) in [4.78, 5) is 23.9. The lowest BCUT2D eigenvalue weighted by molar-refractivity contribution is -0.137. The normalized spacial score (nSPS) is 11.1. The van der Waals surface area contributed by atoms with Gasteiger partial charge in [-0.2, -0.15) is 13.2 Å². The van der Waals surface area contributed by atoms with E-state index in [1.54, 1.807) is 60.1 Å². The minimum Gasteiger partial charge on any atom is -0.352 e. The lowest BCUT2D eigenvalue weighted by Gasteiger charge is -2.10. The first kappa shape index (κ1) is 22.0. The van der Waals surface area contributed by atoms with E-state index in [0.29, 0.717) is 11.1 Å². The Morgan fingerprint density at radius 1 is 0.806 bits per heavy atom. The van der Waals surface area contributed by atoms with Crippen molar-refractivity contribution >= 4 is 11.8 Å². The van der Waals surface area contributed by atoms with E-state index in [1.165, 1.54) is 6.07 Å². The number of nitrogens with one attached hydrogen (secondary N) is 2. The summed E-state index contributed by atoms with van der Waals surface area (Å²) in [5, 5.41) is 11.4. The van der Waals surface area contributed by atoms with Crippen molar-refractivity contribution in [2.24, 2.45) is 0 Å². The largest absolute Gasteiger partial charge is 0.416 e. The van der Waals surface area contributed by atoms with Gasteiger partial charge in [0, 0.05) is 17.7 Å². The van der Waals surface area contributed by atoms with Gasteiger partial charge < -0.3 is 5.32 Å². The van der Waals surface area contributed by atoms with E-state index < -0.39 is 17.6 Å². The summed E-state index contributed by atoms with van der Waals surface area (Å²) >= 11 is 0. The van der Waals surface area contributed by atoms with Gasteiger partial charge in [-0.05, 0) is 53.4 Å². The quantitative estimate of drug-likeness (QED) is 0.401. The third-order valence-corrected chi connectivity index (χ3v) is 4.66. The number of hydroxylamine groups is 1. The number of halogens is 3. The first-order valence-electron chi connectivity index (χ1n) is 9.37. The summed E-state index contributed by atoms with van der Waals surface area (Å²) < 4.78 is 38.4. The fourth-order valence-electron chi connectivity index (χ4n) is 3.04. The van der Waals surface area contributed by atoms with E-state index in [9.17, 15) is 22.8 Å². The molecule has 0 unspecified atom stereocenters. The molecule has 0 saturated carbocycles. The van der Waals surface area contributed by atoms with Crippen molar-refractivity contribution in [3.8, 4) is 11.1 Å². The SMILES string of the molecule is O=C(NO)c1ccc(-c2cccc(C(=O)NCCc3cccc(C(F)(F)F)c3)c2)cc1. The van der Waals surface area contributed by atoms with Gasteiger partial charge in [-0.1, -0.05) is 42.5 Å². The van der Waals surface area contributed by atoms with Gasteiger partial charge in [0.15, 0.2) is 0 Å². The Morgan fingerprint density at radius 3 is 2.19 bits per heavy atom. The minimum atomic E-state index is -4.40. The molecule has 0 aliphatic carbocycles. The Kier molecular flexibility index (Phi) is 6.71. The van der Waals surface area contributed by atoms with E-state index >= 15 is 0 Å². The molecule has 2 amide bonds. The summed E-state index contributed by atoms with van der Waals surface area (Å²) in [6, 6.07) is 18.3. The van der Waals surface area contributed by atoms with Crippen molar-refractivity contribution in [1.82, 2.24) is 10.8 Å². The van der Waals surface area contributed by atoms with Crippen LogP contribution in [0.25, 0.3) is 11.1 Å². The fourth-order valence-corrected chi connectivity index (χ4v) is 3.04. The number of amides is 2. The Morgan fingerprint density at radius 2 is 1.52 bits per heavy atom. The van der Waals surface area contributed by atoms with Crippen LogP contribution in [0, 0.1) is 0 Å². The maximum atomic E-state index is 12.8. The summed E-state index contributed by atoms with van der Waals surface area (Å²) in [6.07, 6.45) is -4.14. The molecule has 0 spiro atoms. The molecule has 0 aromatic heterocycles. The Labute approximate surface area is 176 Å². The van der Waals surface area contributed by atoms with Gasteiger partial charge in [-0.3, -0.25) is 14.8 Å². The van der Waals surface area contributed by atoms with E-state index in [0.717, 1.165) is 23.3 Å². The molecule has 3 aromatic rings. The first-order valence-corrected chi connectivity index (χ1v) is 9.37. The zero-order valence-electron chi connectivity index (χ0n) is 16.2. The van der Waals surface area contributed by atoms with Crippen LogP contribution in [-0.4, -0.2) is 23.6 Å². The molecule has 160 valence electrons. The highest BCUT2D eigenvalue weighted by molar-refractivity contribution is 5.96. The number of alkyl halides is 3. The van der Waals surface area contributed by atoms with Crippen LogP contribution in [0.2, 0.25) is 0 Å². The molecule has 5 nitrogen and oxygen atoms in total. The van der Waals surface area contributed by atoms with Crippen LogP contribution in [0.1, 0.15) is 31.8 Å². The lowest BCUT2D eigenvalue weighted by Crippen LogP contribution is -2.25. The molecule has 3 rings (SSSR count). The third kappa shape index (κ3) is 5.70. The highest BCUT2D eigenvalue weighted by atomic mass is 19.4. The number of carbonyl (C=O) groups excluding carboxylic acids is 2. The highest BCUT2D eigenvalue weighted by Crippen LogP contribution is 2.29. The third-order valence-electron chi connectivity index (χ3n) is 4.66. The van der Waals surface area contributed by atoms with Gasteiger partial charge in [0.25, 0.3) is 11.8 Å². The average molecular weight is 428 g/mol. The van der Waals surface area contributed by atoms with Crippen molar-refractivity contribution in [1.29, 1.82) is 0 Å². The van der Waals surface area contributed by atoms with E-state index in [2.05, 4.69) is 5.32 Å². The van der Waals surface area contributed by atoms with Gasteiger partial charge in [0.05, 0.1) is 5.56 Å². The first-order chi connectivity index (χ1) is 14.8. The molecule has 0 saturated heterocycles. The van der Waals surface area contributed by atoms with E-state index in [-0.39, 0.29) is 24.4 Å². The molecule has 31 heavy (non-hydrogen) atoms. The predicted molar refractivity (Wildman–Crippen MR) is 109 cm³/mol. The van der Waals surface area contributed by atoms with Crippen LogP contribution in [0.4, 0.5) is 13.2 Å². The standard InChI is InChI=1S/C23H19F3N2O3/c24-23(25,26)20-6-1-3-15(13-20)11-12-27-21(29)19-5-2-4-18(14-19)16-7-9-17(10-8-16)22(30)28-31/h1-10,13-14,31H,11-12H2,(H,27,29)(H,28,30). The molecule has 8 heteroatoms.